The molecule has 0 aliphatic heterocycles. The van der Waals surface area contributed by atoms with Crippen molar-refractivity contribution in [1.82, 2.24) is 5.32 Å². The summed E-state index contributed by atoms with van der Waals surface area (Å²) in [6.07, 6.45) is -0.617. The first-order valence-corrected chi connectivity index (χ1v) is 7.76. The van der Waals surface area contributed by atoms with E-state index in [0.717, 1.165) is 16.1 Å². The van der Waals surface area contributed by atoms with Gasteiger partial charge in [-0.2, -0.15) is 0 Å². The van der Waals surface area contributed by atoms with Crippen LogP contribution in [-0.4, -0.2) is 18.0 Å². The number of hydrogen-bond acceptors (Lipinski definition) is 4. The number of carbonyl (C=O) groups is 2. The van der Waals surface area contributed by atoms with Gasteiger partial charge in [-0.1, -0.05) is 30.3 Å². The number of benzene rings is 1. The third kappa shape index (κ3) is 4.89. The van der Waals surface area contributed by atoms with Crippen molar-refractivity contribution in [1.29, 1.82) is 0 Å². The summed E-state index contributed by atoms with van der Waals surface area (Å²) in [4.78, 5) is 23.6. The third-order valence-corrected chi connectivity index (χ3v) is 3.88. The summed E-state index contributed by atoms with van der Waals surface area (Å²) in [7, 11) is 0. The van der Waals surface area contributed by atoms with E-state index in [4.69, 9.17) is 4.74 Å². The molecular formula is C16H18N2O3S. The predicted octanol–water partition coefficient (Wildman–Crippen LogP) is 3.31. The monoisotopic (exact) mass is 318 g/mol. The summed E-state index contributed by atoms with van der Waals surface area (Å²) in [5.74, 6) is -0.279. The molecular weight excluding hydrogens is 300 g/mol. The summed E-state index contributed by atoms with van der Waals surface area (Å²) in [5.41, 5.74) is 1.98. The Kier molecular flexibility index (Phi) is 5.55. The standard InChI is InChI=1S/C16H18N2O3S/c1-11-8-14(22-10-11)18-15(19)12(2)17-16(20)21-9-13-6-4-3-5-7-13/h3-8,10,12H,9H2,1-2H3,(H,17,20)(H,18,19)/t12-/m0/s1. The van der Waals surface area contributed by atoms with Gasteiger partial charge >= 0.3 is 6.09 Å². The molecule has 1 atom stereocenters. The Bertz CT molecular complexity index is 640. The van der Waals surface area contributed by atoms with Crippen LogP contribution in [0, 0.1) is 6.92 Å². The van der Waals surface area contributed by atoms with Crippen molar-refractivity contribution < 1.29 is 14.3 Å². The van der Waals surface area contributed by atoms with Crippen molar-refractivity contribution in [2.24, 2.45) is 0 Å². The zero-order valence-corrected chi connectivity index (χ0v) is 13.3. The second-order valence-corrected chi connectivity index (χ2v) is 5.82. The first-order chi connectivity index (χ1) is 10.5. The maximum atomic E-state index is 12.0. The van der Waals surface area contributed by atoms with Gasteiger partial charge in [0.25, 0.3) is 0 Å². The second-order valence-electron chi connectivity index (χ2n) is 4.91. The van der Waals surface area contributed by atoms with Gasteiger partial charge in [0, 0.05) is 0 Å². The zero-order valence-electron chi connectivity index (χ0n) is 12.5. The van der Waals surface area contributed by atoms with Crippen molar-refractivity contribution in [3.8, 4) is 0 Å². The average Bonchev–Trinajstić information content (AvgIpc) is 2.91. The molecule has 1 aromatic heterocycles. The zero-order chi connectivity index (χ0) is 15.9. The van der Waals surface area contributed by atoms with Crippen LogP contribution in [0.15, 0.2) is 41.8 Å². The Morgan fingerprint density at radius 3 is 2.64 bits per heavy atom. The van der Waals surface area contributed by atoms with Crippen LogP contribution in [0.5, 0.6) is 0 Å². The lowest BCUT2D eigenvalue weighted by molar-refractivity contribution is -0.117. The Balaban J connectivity index is 1.76. The number of alkyl carbamates (subject to hydrolysis) is 1. The van der Waals surface area contributed by atoms with Crippen LogP contribution < -0.4 is 10.6 Å². The molecule has 0 fully saturated rings. The summed E-state index contributed by atoms with van der Waals surface area (Å²) in [6, 6.07) is 10.6. The number of aryl methyl sites for hydroxylation is 1. The van der Waals surface area contributed by atoms with Crippen LogP contribution in [0.3, 0.4) is 0 Å². The molecule has 2 aromatic rings. The van der Waals surface area contributed by atoms with Crippen LogP contribution >= 0.6 is 11.3 Å². The molecule has 0 unspecified atom stereocenters. The van der Waals surface area contributed by atoms with Gasteiger partial charge in [-0.3, -0.25) is 4.79 Å². The first kappa shape index (κ1) is 16.0. The van der Waals surface area contributed by atoms with Gasteiger partial charge in [-0.15, -0.1) is 11.3 Å². The number of ether oxygens (including phenoxy) is 1. The number of thiophene rings is 1. The summed E-state index contributed by atoms with van der Waals surface area (Å²) >= 11 is 1.45. The summed E-state index contributed by atoms with van der Waals surface area (Å²) in [6.45, 7) is 3.74. The Morgan fingerprint density at radius 1 is 1.27 bits per heavy atom. The maximum absolute atomic E-state index is 12.0. The highest BCUT2D eigenvalue weighted by Gasteiger charge is 2.17. The lowest BCUT2D eigenvalue weighted by Crippen LogP contribution is -2.41. The number of hydrogen-bond donors (Lipinski definition) is 2. The van der Waals surface area contributed by atoms with E-state index >= 15 is 0 Å². The molecule has 6 heteroatoms. The lowest BCUT2D eigenvalue weighted by atomic mass is 10.2. The second kappa shape index (κ2) is 7.61. The lowest BCUT2D eigenvalue weighted by Gasteiger charge is -2.13. The fourth-order valence-electron chi connectivity index (χ4n) is 1.73. The Labute approximate surface area is 133 Å². The summed E-state index contributed by atoms with van der Waals surface area (Å²) in [5, 5.41) is 7.96. The molecule has 0 bridgehead atoms. The topological polar surface area (TPSA) is 67.4 Å². The highest BCUT2D eigenvalue weighted by Crippen LogP contribution is 2.19. The first-order valence-electron chi connectivity index (χ1n) is 6.88. The highest BCUT2D eigenvalue weighted by atomic mass is 32.1. The smallest absolute Gasteiger partial charge is 0.408 e. The van der Waals surface area contributed by atoms with E-state index in [-0.39, 0.29) is 12.5 Å². The van der Waals surface area contributed by atoms with Gasteiger partial charge in [0.05, 0.1) is 5.00 Å². The molecule has 0 radical (unpaired) electrons. The molecule has 116 valence electrons. The van der Waals surface area contributed by atoms with Crippen LogP contribution in [0.25, 0.3) is 0 Å². The minimum Gasteiger partial charge on any atom is -0.445 e. The van der Waals surface area contributed by atoms with Crippen molar-refractivity contribution in [2.75, 3.05) is 5.32 Å². The van der Waals surface area contributed by atoms with E-state index in [1.165, 1.54) is 11.3 Å². The quantitative estimate of drug-likeness (QED) is 0.889. The fourth-order valence-corrected chi connectivity index (χ4v) is 2.53. The van der Waals surface area contributed by atoms with E-state index in [9.17, 15) is 9.59 Å². The number of carbonyl (C=O) groups excluding carboxylic acids is 2. The number of amides is 2. The molecule has 0 spiro atoms. The van der Waals surface area contributed by atoms with Gasteiger partial charge in [-0.25, -0.2) is 4.79 Å². The molecule has 0 saturated heterocycles. The minimum atomic E-state index is -0.675. The molecule has 0 aliphatic rings. The van der Waals surface area contributed by atoms with Crippen LogP contribution in [0.1, 0.15) is 18.1 Å². The van der Waals surface area contributed by atoms with Gasteiger partial charge in [-0.05, 0) is 36.4 Å². The van der Waals surface area contributed by atoms with Crippen molar-refractivity contribution >= 4 is 28.3 Å². The van der Waals surface area contributed by atoms with E-state index in [1.54, 1.807) is 6.92 Å². The van der Waals surface area contributed by atoms with Gasteiger partial charge in [0.2, 0.25) is 5.91 Å². The molecule has 2 amide bonds. The van der Waals surface area contributed by atoms with E-state index in [1.807, 2.05) is 48.7 Å². The molecule has 2 N–H and O–H groups in total. The average molecular weight is 318 g/mol. The molecule has 0 saturated carbocycles. The van der Waals surface area contributed by atoms with Gasteiger partial charge < -0.3 is 15.4 Å². The van der Waals surface area contributed by atoms with Crippen molar-refractivity contribution in [2.45, 2.75) is 26.5 Å². The molecule has 2 rings (SSSR count). The number of nitrogens with one attached hydrogen (secondary N) is 2. The predicted molar refractivity (Wildman–Crippen MR) is 86.9 cm³/mol. The van der Waals surface area contributed by atoms with Crippen LogP contribution in [0.2, 0.25) is 0 Å². The van der Waals surface area contributed by atoms with Crippen molar-refractivity contribution in [3.05, 3.63) is 52.9 Å². The van der Waals surface area contributed by atoms with Gasteiger partial charge in [0.1, 0.15) is 12.6 Å². The maximum Gasteiger partial charge on any atom is 0.408 e. The Hall–Kier alpha value is -2.34. The third-order valence-electron chi connectivity index (χ3n) is 2.92. The Morgan fingerprint density at radius 2 is 2.00 bits per heavy atom. The highest BCUT2D eigenvalue weighted by molar-refractivity contribution is 7.14. The molecule has 1 heterocycles. The fraction of sp³-hybridized carbons (Fsp3) is 0.250. The normalized spacial score (nSPS) is 11.5. The SMILES string of the molecule is Cc1csc(NC(=O)[C@H](C)NC(=O)OCc2ccccc2)c1. The molecule has 0 aliphatic carbocycles. The van der Waals surface area contributed by atoms with E-state index in [0.29, 0.717) is 0 Å². The van der Waals surface area contributed by atoms with Crippen LogP contribution in [-0.2, 0) is 16.1 Å². The van der Waals surface area contributed by atoms with Gasteiger partial charge in [0.15, 0.2) is 0 Å². The molecule has 5 nitrogen and oxygen atoms in total. The summed E-state index contributed by atoms with van der Waals surface area (Å²) < 4.78 is 5.08. The van der Waals surface area contributed by atoms with Crippen LogP contribution in [0.4, 0.5) is 9.80 Å². The molecule has 22 heavy (non-hydrogen) atoms. The largest absolute Gasteiger partial charge is 0.445 e. The number of anilines is 1. The van der Waals surface area contributed by atoms with Crippen molar-refractivity contribution in [3.63, 3.8) is 0 Å². The number of rotatable bonds is 5. The van der Waals surface area contributed by atoms with E-state index < -0.39 is 12.1 Å². The minimum absolute atomic E-state index is 0.172. The van der Waals surface area contributed by atoms with E-state index in [2.05, 4.69) is 10.6 Å². The molecule has 1 aromatic carbocycles.